The highest BCUT2D eigenvalue weighted by atomic mass is 16.5. The van der Waals surface area contributed by atoms with E-state index >= 15 is 0 Å². The number of nitrogens with one attached hydrogen (secondary N) is 2. The predicted octanol–water partition coefficient (Wildman–Crippen LogP) is 4.37. The number of ether oxygens (including phenoxy) is 2. The van der Waals surface area contributed by atoms with Gasteiger partial charge in [-0.1, -0.05) is 20.8 Å². The minimum absolute atomic E-state index is 0.107. The van der Waals surface area contributed by atoms with Gasteiger partial charge < -0.3 is 29.8 Å². The summed E-state index contributed by atoms with van der Waals surface area (Å²) in [4.78, 5) is 25.5. The molecular weight excluding hydrogens is 512 g/mol. The van der Waals surface area contributed by atoms with E-state index in [9.17, 15) is 9.90 Å². The Morgan fingerprint density at radius 2 is 1.98 bits per heavy atom. The molecule has 1 saturated carbocycles. The van der Waals surface area contributed by atoms with Crippen molar-refractivity contribution in [2.45, 2.75) is 64.5 Å². The zero-order valence-corrected chi connectivity index (χ0v) is 23.7. The van der Waals surface area contributed by atoms with Gasteiger partial charge in [0.05, 0.1) is 36.9 Å². The summed E-state index contributed by atoms with van der Waals surface area (Å²) in [7, 11) is 3.47. The Morgan fingerprint density at radius 3 is 2.67 bits per heavy atom. The van der Waals surface area contributed by atoms with Crippen LogP contribution in [0.1, 0.15) is 57.3 Å². The summed E-state index contributed by atoms with van der Waals surface area (Å²) in [6, 6.07) is 5.62. The number of anilines is 3. The molecule has 1 aliphatic carbocycles. The Kier molecular flexibility index (Phi) is 7.47. The molecule has 0 saturated heterocycles. The number of carbonyl (C=O) groups excluding carboxylic acids is 1. The van der Waals surface area contributed by atoms with Crippen LogP contribution in [0.5, 0.6) is 11.5 Å². The van der Waals surface area contributed by atoms with Crippen LogP contribution in [0.2, 0.25) is 0 Å². The third kappa shape index (κ3) is 5.63. The van der Waals surface area contributed by atoms with E-state index in [1.165, 1.54) is 0 Å². The first kappa shape index (κ1) is 27.5. The molecule has 40 heavy (non-hydrogen) atoms. The summed E-state index contributed by atoms with van der Waals surface area (Å²) in [6.45, 7) is 8.76. The first-order valence-corrected chi connectivity index (χ1v) is 13.3. The van der Waals surface area contributed by atoms with Gasteiger partial charge in [0.2, 0.25) is 11.9 Å². The lowest BCUT2D eigenvalue weighted by molar-refractivity contribution is -0.117. The maximum Gasteiger partial charge on any atom is 0.227 e. The quantitative estimate of drug-likeness (QED) is 0.278. The van der Waals surface area contributed by atoms with Gasteiger partial charge in [-0.2, -0.15) is 10.1 Å². The van der Waals surface area contributed by atoms with Crippen molar-refractivity contribution in [3.8, 4) is 11.5 Å². The second kappa shape index (κ2) is 10.9. The molecule has 4 heterocycles. The van der Waals surface area contributed by atoms with Crippen molar-refractivity contribution in [3.63, 3.8) is 0 Å². The Labute approximate surface area is 232 Å². The number of amides is 1. The van der Waals surface area contributed by atoms with Crippen LogP contribution in [-0.4, -0.2) is 60.1 Å². The molecule has 0 spiro atoms. The minimum Gasteiger partial charge on any atom is -0.455 e. The number of aromatic nitrogens is 6. The zero-order chi connectivity index (χ0) is 28.6. The smallest absolute Gasteiger partial charge is 0.227 e. The second-order valence-electron chi connectivity index (χ2n) is 11.2. The molecule has 0 aromatic carbocycles. The van der Waals surface area contributed by atoms with Crippen molar-refractivity contribution in [3.05, 3.63) is 41.9 Å². The highest BCUT2D eigenvalue weighted by Gasteiger charge is 2.34. The van der Waals surface area contributed by atoms with Crippen molar-refractivity contribution in [1.82, 2.24) is 29.3 Å². The van der Waals surface area contributed by atoms with E-state index in [-0.39, 0.29) is 29.9 Å². The molecule has 12 nitrogen and oxygen atoms in total. The number of aryl methyl sites for hydroxylation is 2. The molecule has 212 valence electrons. The molecular formula is C28H36N8O4. The Balaban J connectivity index is 1.38. The molecule has 1 fully saturated rings. The third-order valence-corrected chi connectivity index (χ3v) is 7.04. The van der Waals surface area contributed by atoms with Crippen LogP contribution < -0.4 is 15.4 Å². The van der Waals surface area contributed by atoms with E-state index in [4.69, 9.17) is 19.6 Å². The van der Waals surface area contributed by atoms with Gasteiger partial charge in [0.25, 0.3) is 0 Å². The van der Waals surface area contributed by atoms with E-state index in [0.29, 0.717) is 54.2 Å². The molecule has 4 aromatic rings. The van der Waals surface area contributed by atoms with Crippen molar-refractivity contribution in [2.24, 2.45) is 7.05 Å². The van der Waals surface area contributed by atoms with Crippen molar-refractivity contribution < 1.29 is 19.4 Å². The van der Waals surface area contributed by atoms with E-state index in [1.54, 1.807) is 31.6 Å². The molecule has 0 radical (unpaired) electrons. The van der Waals surface area contributed by atoms with Crippen molar-refractivity contribution in [1.29, 1.82) is 0 Å². The Hall–Kier alpha value is -4.03. The van der Waals surface area contributed by atoms with Crippen LogP contribution in [0.25, 0.3) is 11.2 Å². The summed E-state index contributed by atoms with van der Waals surface area (Å²) in [5.41, 5.74) is 3.25. The lowest BCUT2D eigenvalue weighted by atomic mass is 9.87. The summed E-state index contributed by atoms with van der Waals surface area (Å²) < 4.78 is 15.1. The van der Waals surface area contributed by atoms with Gasteiger partial charge in [0.1, 0.15) is 11.6 Å². The van der Waals surface area contributed by atoms with E-state index < -0.39 is 0 Å². The van der Waals surface area contributed by atoms with Gasteiger partial charge in [-0.25, -0.2) is 9.97 Å². The van der Waals surface area contributed by atoms with Crippen LogP contribution in [0.15, 0.2) is 30.6 Å². The number of pyridine rings is 2. The molecule has 0 aliphatic heterocycles. The fraction of sp³-hybridized carbons (Fsp3) is 0.464. The third-order valence-electron chi connectivity index (χ3n) is 7.04. The highest BCUT2D eigenvalue weighted by Crippen LogP contribution is 2.38. The number of methoxy groups -OCH3 is 1. The number of rotatable bonds is 9. The molecule has 1 aliphatic rings. The minimum atomic E-state index is -0.262. The number of aliphatic hydroxyl groups excluding tert-OH is 1. The monoisotopic (exact) mass is 548 g/mol. The SMILES string of the molecule is COCCC(=O)Nc1cc(Oc2cnc3nc(Nc4cc(C(C)(C)C)n([C@H]5C[C@H](O)C5)n4)n(C)c3c2C)ccn1. The van der Waals surface area contributed by atoms with Crippen LogP contribution in [0.4, 0.5) is 17.6 Å². The molecule has 4 aromatic heterocycles. The maximum absolute atomic E-state index is 12.0. The number of hydrogen-bond acceptors (Lipinski definition) is 9. The van der Waals surface area contributed by atoms with Gasteiger partial charge in [0, 0.05) is 49.2 Å². The first-order chi connectivity index (χ1) is 19.0. The topological polar surface area (TPSA) is 141 Å². The van der Waals surface area contributed by atoms with E-state index in [2.05, 4.69) is 41.4 Å². The van der Waals surface area contributed by atoms with E-state index in [1.807, 2.05) is 29.3 Å². The molecule has 0 bridgehead atoms. The normalized spacial score (nSPS) is 17.1. The zero-order valence-electron chi connectivity index (χ0n) is 23.7. The lowest BCUT2D eigenvalue weighted by Gasteiger charge is -2.34. The molecule has 5 rings (SSSR count). The first-order valence-electron chi connectivity index (χ1n) is 13.3. The highest BCUT2D eigenvalue weighted by molar-refractivity contribution is 5.90. The number of hydrogen-bond donors (Lipinski definition) is 3. The summed E-state index contributed by atoms with van der Waals surface area (Å²) >= 11 is 0. The van der Waals surface area contributed by atoms with Gasteiger partial charge in [-0.3, -0.25) is 9.48 Å². The standard InChI is InChI=1S/C28H36N8O4/c1-16-20(40-19-7-9-29-22(13-19)31-24(38)8-10-39-6)15-30-26-25(16)35(5)27(33-26)32-23-14-21(28(2,3)4)36(34-23)17-11-18(37)12-17/h7,9,13-15,17-18,37H,8,10-12H2,1-6H3,(H,29,31,38)(H,30,32,33,34)/t17-,18-. The lowest BCUT2D eigenvalue weighted by Crippen LogP contribution is -2.34. The van der Waals surface area contributed by atoms with Gasteiger partial charge >= 0.3 is 0 Å². The fourth-order valence-electron chi connectivity index (χ4n) is 4.78. The molecule has 0 unspecified atom stereocenters. The average molecular weight is 549 g/mol. The van der Waals surface area contributed by atoms with E-state index in [0.717, 1.165) is 16.8 Å². The number of nitrogens with zero attached hydrogens (tertiary/aromatic N) is 6. The van der Waals surface area contributed by atoms with Gasteiger partial charge in [0.15, 0.2) is 17.2 Å². The maximum atomic E-state index is 12.0. The average Bonchev–Trinajstić information content (AvgIpc) is 3.44. The number of imidazole rings is 1. The number of fused-ring (bicyclic) bond motifs is 1. The van der Waals surface area contributed by atoms with Crippen molar-refractivity contribution in [2.75, 3.05) is 24.4 Å². The second-order valence-corrected chi connectivity index (χ2v) is 11.2. The Bertz CT molecular complexity index is 1530. The van der Waals surface area contributed by atoms with Crippen LogP contribution in [-0.2, 0) is 22.0 Å². The molecule has 3 N–H and O–H groups in total. The number of aliphatic hydroxyl groups is 1. The molecule has 0 atom stereocenters. The summed E-state index contributed by atoms with van der Waals surface area (Å²) in [5, 5.41) is 20.8. The Morgan fingerprint density at radius 1 is 1.20 bits per heavy atom. The van der Waals surface area contributed by atoms with Crippen LogP contribution in [0.3, 0.4) is 0 Å². The van der Waals surface area contributed by atoms with Crippen LogP contribution >= 0.6 is 0 Å². The molecule has 1 amide bonds. The molecule has 12 heteroatoms. The number of carbonyl (C=O) groups is 1. The summed E-state index contributed by atoms with van der Waals surface area (Å²) in [6.07, 6.45) is 4.61. The fourth-order valence-corrected chi connectivity index (χ4v) is 4.78. The van der Waals surface area contributed by atoms with Gasteiger partial charge in [-0.05, 0) is 25.8 Å². The van der Waals surface area contributed by atoms with Crippen molar-refractivity contribution >= 4 is 34.7 Å². The van der Waals surface area contributed by atoms with Gasteiger partial charge in [-0.15, -0.1) is 0 Å². The predicted molar refractivity (Wildman–Crippen MR) is 151 cm³/mol. The van der Waals surface area contributed by atoms with Crippen LogP contribution in [0, 0.1) is 6.92 Å². The largest absolute Gasteiger partial charge is 0.455 e. The summed E-state index contributed by atoms with van der Waals surface area (Å²) in [5.74, 6) is 2.58.